The monoisotopic (exact) mass is 326 g/mol. The van der Waals surface area contributed by atoms with Gasteiger partial charge in [-0.05, 0) is 74.6 Å². The van der Waals surface area contributed by atoms with Crippen LogP contribution in [0.25, 0.3) is 0 Å². The summed E-state index contributed by atoms with van der Waals surface area (Å²) < 4.78 is 5.29. The molecule has 4 nitrogen and oxygen atoms in total. The van der Waals surface area contributed by atoms with E-state index in [0.29, 0.717) is 6.61 Å². The summed E-state index contributed by atoms with van der Waals surface area (Å²) in [5, 5.41) is 3.36. The van der Waals surface area contributed by atoms with Crippen LogP contribution in [0.4, 0.5) is 11.4 Å². The summed E-state index contributed by atoms with van der Waals surface area (Å²) >= 11 is 0. The van der Waals surface area contributed by atoms with E-state index in [1.807, 2.05) is 52.0 Å². The molecule has 0 aliphatic heterocycles. The zero-order valence-electron chi connectivity index (χ0n) is 15.1. The SMILES string of the molecule is CCOC(=O)C(Nc1cccc(C)c1C)c1ccc(N)c(C)c1C. The van der Waals surface area contributed by atoms with Gasteiger partial charge in [-0.1, -0.05) is 18.2 Å². The second-order valence-electron chi connectivity index (χ2n) is 6.07. The van der Waals surface area contributed by atoms with E-state index >= 15 is 0 Å². The molecule has 1 atom stereocenters. The van der Waals surface area contributed by atoms with Gasteiger partial charge >= 0.3 is 5.97 Å². The average molecular weight is 326 g/mol. The Hall–Kier alpha value is -2.49. The Kier molecular flexibility index (Phi) is 5.50. The Labute approximate surface area is 144 Å². The molecule has 0 fully saturated rings. The molecular weight excluding hydrogens is 300 g/mol. The maximum absolute atomic E-state index is 12.6. The first-order valence-corrected chi connectivity index (χ1v) is 8.21. The fraction of sp³-hybridized carbons (Fsp3) is 0.350. The largest absolute Gasteiger partial charge is 0.464 e. The number of nitrogens with two attached hydrogens (primary N) is 1. The third-order valence-electron chi connectivity index (χ3n) is 4.61. The van der Waals surface area contributed by atoms with Crippen molar-refractivity contribution >= 4 is 17.3 Å². The van der Waals surface area contributed by atoms with Crippen LogP contribution in [0.1, 0.15) is 40.8 Å². The van der Waals surface area contributed by atoms with E-state index in [2.05, 4.69) is 18.3 Å². The van der Waals surface area contributed by atoms with Crippen LogP contribution in [0.15, 0.2) is 30.3 Å². The molecule has 2 rings (SSSR count). The minimum absolute atomic E-state index is 0.286. The molecule has 0 aliphatic carbocycles. The summed E-state index contributed by atoms with van der Waals surface area (Å²) in [5.74, 6) is -0.286. The van der Waals surface area contributed by atoms with Crippen LogP contribution in [-0.4, -0.2) is 12.6 Å². The predicted octanol–water partition coefficient (Wildman–Crippen LogP) is 4.22. The lowest BCUT2D eigenvalue weighted by atomic mass is 9.95. The van der Waals surface area contributed by atoms with Crippen LogP contribution in [0.5, 0.6) is 0 Å². The van der Waals surface area contributed by atoms with Crippen LogP contribution in [0, 0.1) is 27.7 Å². The minimum Gasteiger partial charge on any atom is -0.464 e. The van der Waals surface area contributed by atoms with E-state index in [9.17, 15) is 4.79 Å². The number of nitrogen functional groups attached to an aromatic ring is 1. The van der Waals surface area contributed by atoms with Crippen LogP contribution in [0.3, 0.4) is 0 Å². The van der Waals surface area contributed by atoms with Crippen molar-refractivity contribution in [3.05, 3.63) is 58.1 Å². The van der Waals surface area contributed by atoms with Gasteiger partial charge in [0.25, 0.3) is 0 Å². The topological polar surface area (TPSA) is 64.3 Å². The van der Waals surface area contributed by atoms with Crippen LogP contribution in [-0.2, 0) is 9.53 Å². The molecule has 2 aromatic carbocycles. The van der Waals surface area contributed by atoms with E-state index in [1.54, 1.807) is 0 Å². The number of carbonyl (C=O) groups is 1. The zero-order valence-corrected chi connectivity index (χ0v) is 15.1. The first-order valence-electron chi connectivity index (χ1n) is 8.21. The molecular formula is C20H26N2O2. The number of benzene rings is 2. The second-order valence-corrected chi connectivity index (χ2v) is 6.07. The Morgan fingerprint density at radius 1 is 1.08 bits per heavy atom. The Morgan fingerprint density at radius 3 is 2.46 bits per heavy atom. The summed E-state index contributed by atoms with van der Waals surface area (Å²) in [4.78, 5) is 12.6. The van der Waals surface area contributed by atoms with Crippen LogP contribution in [0.2, 0.25) is 0 Å². The Balaban J connectivity index is 2.48. The number of carbonyl (C=O) groups excluding carboxylic acids is 1. The average Bonchev–Trinajstić information content (AvgIpc) is 2.55. The fourth-order valence-corrected chi connectivity index (χ4v) is 2.73. The predicted molar refractivity (Wildman–Crippen MR) is 99.2 cm³/mol. The van der Waals surface area contributed by atoms with Gasteiger partial charge in [-0.3, -0.25) is 0 Å². The van der Waals surface area contributed by atoms with Gasteiger partial charge < -0.3 is 15.8 Å². The molecule has 0 amide bonds. The maximum atomic E-state index is 12.6. The molecule has 4 heteroatoms. The fourth-order valence-electron chi connectivity index (χ4n) is 2.73. The van der Waals surface area contributed by atoms with E-state index in [4.69, 9.17) is 10.5 Å². The maximum Gasteiger partial charge on any atom is 0.333 e. The van der Waals surface area contributed by atoms with Gasteiger partial charge in [-0.15, -0.1) is 0 Å². The Morgan fingerprint density at radius 2 is 1.79 bits per heavy atom. The van der Waals surface area contributed by atoms with Gasteiger partial charge in [0.2, 0.25) is 0 Å². The van der Waals surface area contributed by atoms with Gasteiger partial charge in [-0.25, -0.2) is 4.79 Å². The standard InChI is InChI=1S/C20H26N2O2/c1-6-24-20(23)19(16-10-11-17(21)15(5)14(16)4)22-18-9-7-8-12(2)13(18)3/h7-11,19,22H,6,21H2,1-5H3. The lowest BCUT2D eigenvalue weighted by molar-refractivity contribution is -0.144. The number of ether oxygens (including phenoxy) is 1. The van der Waals surface area contributed by atoms with Crippen LogP contribution >= 0.6 is 0 Å². The van der Waals surface area contributed by atoms with Crippen molar-refractivity contribution in [1.82, 2.24) is 0 Å². The van der Waals surface area contributed by atoms with Crippen molar-refractivity contribution in [2.45, 2.75) is 40.7 Å². The summed E-state index contributed by atoms with van der Waals surface area (Å²) in [6.45, 7) is 10.2. The van der Waals surface area contributed by atoms with Gasteiger partial charge in [0.05, 0.1) is 6.61 Å². The second kappa shape index (κ2) is 7.39. The molecule has 0 spiro atoms. The minimum atomic E-state index is -0.565. The highest BCUT2D eigenvalue weighted by Gasteiger charge is 2.25. The molecule has 0 radical (unpaired) electrons. The highest BCUT2D eigenvalue weighted by molar-refractivity contribution is 5.82. The molecule has 0 heterocycles. The van der Waals surface area contributed by atoms with Gasteiger partial charge in [-0.2, -0.15) is 0 Å². The highest BCUT2D eigenvalue weighted by atomic mass is 16.5. The van der Waals surface area contributed by atoms with Gasteiger partial charge in [0.15, 0.2) is 6.04 Å². The molecule has 1 unspecified atom stereocenters. The first kappa shape index (κ1) is 17.9. The molecule has 24 heavy (non-hydrogen) atoms. The third kappa shape index (κ3) is 3.53. The van der Waals surface area contributed by atoms with Crippen molar-refractivity contribution < 1.29 is 9.53 Å². The number of hydrogen-bond acceptors (Lipinski definition) is 4. The van der Waals surface area contributed by atoms with Crippen molar-refractivity contribution in [2.24, 2.45) is 0 Å². The number of aryl methyl sites for hydroxylation is 1. The number of rotatable bonds is 5. The molecule has 0 aromatic heterocycles. The lowest BCUT2D eigenvalue weighted by Crippen LogP contribution is -2.25. The molecule has 0 bridgehead atoms. The lowest BCUT2D eigenvalue weighted by Gasteiger charge is -2.23. The van der Waals surface area contributed by atoms with Crippen LogP contribution < -0.4 is 11.1 Å². The van der Waals surface area contributed by atoms with E-state index < -0.39 is 6.04 Å². The number of nitrogens with one attached hydrogen (secondary N) is 1. The zero-order chi connectivity index (χ0) is 17.9. The number of hydrogen-bond donors (Lipinski definition) is 2. The van der Waals surface area contributed by atoms with Crippen molar-refractivity contribution in [3.8, 4) is 0 Å². The molecule has 0 saturated heterocycles. The summed E-state index contributed by atoms with van der Waals surface area (Å²) in [7, 11) is 0. The normalized spacial score (nSPS) is 11.9. The summed E-state index contributed by atoms with van der Waals surface area (Å²) in [6.07, 6.45) is 0. The van der Waals surface area contributed by atoms with E-state index in [0.717, 1.165) is 33.6 Å². The molecule has 0 aliphatic rings. The molecule has 128 valence electrons. The van der Waals surface area contributed by atoms with E-state index in [1.165, 1.54) is 5.56 Å². The Bertz CT molecular complexity index is 754. The summed E-state index contributed by atoms with van der Waals surface area (Å²) in [5.41, 5.74) is 12.8. The summed E-state index contributed by atoms with van der Waals surface area (Å²) in [6, 6.07) is 9.19. The highest BCUT2D eigenvalue weighted by Crippen LogP contribution is 2.30. The molecule has 2 aromatic rings. The van der Waals surface area contributed by atoms with Gasteiger partial charge in [0.1, 0.15) is 0 Å². The van der Waals surface area contributed by atoms with E-state index in [-0.39, 0.29) is 5.97 Å². The smallest absolute Gasteiger partial charge is 0.333 e. The molecule has 3 N–H and O–H groups in total. The third-order valence-corrected chi connectivity index (χ3v) is 4.61. The first-order chi connectivity index (χ1) is 11.4. The number of esters is 1. The number of anilines is 2. The van der Waals surface area contributed by atoms with Crippen molar-refractivity contribution in [3.63, 3.8) is 0 Å². The van der Waals surface area contributed by atoms with Gasteiger partial charge in [0, 0.05) is 11.4 Å². The van der Waals surface area contributed by atoms with Crippen molar-refractivity contribution in [1.29, 1.82) is 0 Å². The van der Waals surface area contributed by atoms with Crippen molar-refractivity contribution in [2.75, 3.05) is 17.7 Å². The quantitative estimate of drug-likeness (QED) is 0.638. The molecule has 0 saturated carbocycles.